The monoisotopic (exact) mass is 327 g/mol. The lowest BCUT2D eigenvalue weighted by atomic mass is 10.1. The Labute approximate surface area is 138 Å². The number of furan rings is 1. The number of benzene rings is 1. The van der Waals surface area contributed by atoms with Crippen molar-refractivity contribution >= 4 is 23.4 Å². The average Bonchev–Trinajstić information content (AvgIpc) is 3.13. The van der Waals surface area contributed by atoms with E-state index in [1.54, 1.807) is 11.8 Å². The summed E-state index contributed by atoms with van der Waals surface area (Å²) in [6.45, 7) is 1.97. The van der Waals surface area contributed by atoms with Gasteiger partial charge in [-0.25, -0.2) is 0 Å². The van der Waals surface area contributed by atoms with Crippen molar-refractivity contribution in [2.45, 2.75) is 19.0 Å². The van der Waals surface area contributed by atoms with Gasteiger partial charge in [-0.3, -0.25) is 14.4 Å². The number of rotatable bonds is 5. The minimum Gasteiger partial charge on any atom is -0.472 e. The van der Waals surface area contributed by atoms with Crippen LogP contribution in [0, 0.1) is 0 Å². The third-order valence-electron chi connectivity index (χ3n) is 3.84. The SMILES string of the molecule is C[C@@H](NC(=O)c1ccoc1)C(=O)N[C@@H]1CN(c2ccccc2)C1=O. The minimum absolute atomic E-state index is 0.164. The second kappa shape index (κ2) is 6.57. The van der Waals surface area contributed by atoms with E-state index in [0.717, 1.165) is 5.69 Å². The molecule has 1 fully saturated rings. The van der Waals surface area contributed by atoms with Crippen molar-refractivity contribution in [2.24, 2.45) is 0 Å². The van der Waals surface area contributed by atoms with Gasteiger partial charge in [0.2, 0.25) is 5.91 Å². The molecule has 2 N–H and O–H groups in total. The Hall–Kier alpha value is -3.09. The van der Waals surface area contributed by atoms with E-state index < -0.39 is 23.9 Å². The molecule has 0 saturated carbocycles. The van der Waals surface area contributed by atoms with Crippen molar-refractivity contribution in [3.63, 3.8) is 0 Å². The summed E-state index contributed by atoms with van der Waals surface area (Å²) in [5.41, 5.74) is 1.14. The fourth-order valence-electron chi connectivity index (χ4n) is 2.41. The summed E-state index contributed by atoms with van der Waals surface area (Å²) in [5.74, 6) is -0.974. The van der Waals surface area contributed by atoms with Crippen molar-refractivity contribution < 1.29 is 18.8 Å². The molecule has 2 aromatic rings. The largest absolute Gasteiger partial charge is 0.472 e. The van der Waals surface area contributed by atoms with Crippen molar-refractivity contribution in [3.8, 4) is 0 Å². The number of para-hydroxylation sites is 1. The fraction of sp³-hybridized carbons (Fsp3) is 0.235. The standard InChI is InChI=1S/C17H17N3O4/c1-11(18-16(22)12-7-8-24-10-12)15(21)19-14-9-20(17(14)23)13-5-3-2-4-6-13/h2-8,10-11,14H,9H2,1H3,(H,18,22)(H,19,21)/t11-,14-/m1/s1. The molecule has 0 bridgehead atoms. The Morgan fingerprint density at radius 1 is 1.25 bits per heavy atom. The zero-order valence-corrected chi connectivity index (χ0v) is 13.1. The van der Waals surface area contributed by atoms with Crippen LogP contribution < -0.4 is 15.5 Å². The van der Waals surface area contributed by atoms with Gasteiger partial charge >= 0.3 is 0 Å². The lowest BCUT2D eigenvalue weighted by Crippen LogP contribution is -2.65. The number of carbonyl (C=O) groups is 3. The molecule has 0 aliphatic carbocycles. The molecule has 3 amide bonds. The van der Waals surface area contributed by atoms with Gasteiger partial charge in [0.15, 0.2) is 0 Å². The number of hydrogen-bond donors (Lipinski definition) is 2. The lowest BCUT2D eigenvalue weighted by Gasteiger charge is -2.39. The van der Waals surface area contributed by atoms with Crippen LogP contribution in [-0.2, 0) is 9.59 Å². The minimum atomic E-state index is -0.758. The van der Waals surface area contributed by atoms with E-state index in [9.17, 15) is 14.4 Å². The van der Waals surface area contributed by atoms with Crippen LogP contribution in [0.3, 0.4) is 0 Å². The highest BCUT2D eigenvalue weighted by Gasteiger charge is 2.39. The number of nitrogens with one attached hydrogen (secondary N) is 2. The first-order valence-electron chi connectivity index (χ1n) is 7.56. The summed E-state index contributed by atoms with van der Waals surface area (Å²) in [7, 11) is 0. The van der Waals surface area contributed by atoms with E-state index in [2.05, 4.69) is 10.6 Å². The smallest absolute Gasteiger partial charge is 0.255 e. The van der Waals surface area contributed by atoms with Gasteiger partial charge in [0.05, 0.1) is 18.4 Å². The molecule has 1 aliphatic heterocycles. The first-order valence-corrected chi connectivity index (χ1v) is 7.56. The van der Waals surface area contributed by atoms with Crippen molar-refractivity contribution in [1.82, 2.24) is 10.6 Å². The zero-order chi connectivity index (χ0) is 17.1. The Balaban J connectivity index is 1.51. The Bertz CT molecular complexity index is 742. The molecule has 1 aromatic heterocycles. The highest BCUT2D eigenvalue weighted by molar-refractivity contribution is 6.06. The molecule has 2 heterocycles. The van der Waals surface area contributed by atoms with E-state index in [1.807, 2.05) is 30.3 Å². The normalized spacial score (nSPS) is 17.8. The van der Waals surface area contributed by atoms with Crippen LogP contribution in [0.4, 0.5) is 5.69 Å². The number of hydrogen-bond acceptors (Lipinski definition) is 4. The Morgan fingerprint density at radius 3 is 2.62 bits per heavy atom. The van der Waals surface area contributed by atoms with Gasteiger partial charge in [0.25, 0.3) is 11.8 Å². The summed E-state index contributed by atoms with van der Waals surface area (Å²) < 4.78 is 4.83. The second-order valence-corrected chi connectivity index (χ2v) is 5.55. The molecule has 24 heavy (non-hydrogen) atoms. The average molecular weight is 327 g/mol. The maximum atomic E-state index is 12.1. The molecule has 0 radical (unpaired) electrons. The van der Waals surface area contributed by atoms with E-state index in [-0.39, 0.29) is 5.91 Å². The highest BCUT2D eigenvalue weighted by Crippen LogP contribution is 2.21. The molecule has 1 saturated heterocycles. The molecule has 3 rings (SSSR count). The predicted octanol–water partition coefficient (Wildman–Crippen LogP) is 0.929. The summed E-state index contributed by atoms with van der Waals surface area (Å²) in [5, 5.41) is 5.21. The first kappa shape index (κ1) is 15.8. The quantitative estimate of drug-likeness (QED) is 0.799. The molecular formula is C17H17N3O4. The van der Waals surface area contributed by atoms with E-state index in [4.69, 9.17) is 4.42 Å². The van der Waals surface area contributed by atoms with Crippen molar-refractivity contribution in [3.05, 3.63) is 54.5 Å². The molecule has 7 nitrogen and oxygen atoms in total. The highest BCUT2D eigenvalue weighted by atomic mass is 16.3. The third-order valence-corrected chi connectivity index (χ3v) is 3.84. The second-order valence-electron chi connectivity index (χ2n) is 5.55. The number of nitrogens with zero attached hydrogens (tertiary/aromatic N) is 1. The molecular weight excluding hydrogens is 310 g/mol. The van der Waals surface area contributed by atoms with Crippen LogP contribution in [0.1, 0.15) is 17.3 Å². The van der Waals surface area contributed by atoms with Crippen LogP contribution in [0.5, 0.6) is 0 Å². The summed E-state index contributed by atoms with van der Waals surface area (Å²) in [4.78, 5) is 37.7. The van der Waals surface area contributed by atoms with Crippen LogP contribution in [0.15, 0.2) is 53.3 Å². The maximum absolute atomic E-state index is 12.1. The van der Waals surface area contributed by atoms with Crippen LogP contribution in [0.25, 0.3) is 0 Å². The number of amides is 3. The summed E-state index contributed by atoms with van der Waals surface area (Å²) in [6.07, 6.45) is 2.68. The van der Waals surface area contributed by atoms with Crippen LogP contribution in [-0.4, -0.2) is 36.3 Å². The van der Waals surface area contributed by atoms with Crippen molar-refractivity contribution in [2.75, 3.05) is 11.4 Å². The first-order chi connectivity index (χ1) is 11.6. The predicted molar refractivity (Wildman–Crippen MR) is 86.4 cm³/mol. The van der Waals surface area contributed by atoms with Crippen molar-refractivity contribution in [1.29, 1.82) is 0 Å². The topological polar surface area (TPSA) is 91.7 Å². The number of carbonyl (C=O) groups excluding carboxylic acids is 3. The van der Waals surface area contributed by atoms with Crippen LogP contribution in [0.2, 0.25) is 0 Å². The van der Waals surface area contributed by atoms with Gasteiger partial charge in [-0.05, 0) is 25.1 Å². The Kier molecular flexibility index (Phi) is 4.33. The molecule has 0 unspecified atom stereocenters. The van der Waals surface area contributed by atoms with Gasteiger partial charge in [0.1, 0.15) is 18.3 Å². The van der Waals surface area contributed by atoms with Gasteiger partial charge in [-0.15, -0.1) is 0 Å². The van der Waals surface area contributed by atoms with Crippen LogP contribution >= 0.6 is 0 Å². The number of β-lactam (4-membered cyclic amide) rings is 1. The molecule has 1 aliphatic rings. The lowest BCUT2D eigenvalue weighted by molar-refractivity contribution is -0.131. The third kappa shape index (κ3) is 3.15. The van der Waals surface area contributed by atoms with E-state index >= 15 is 0 Å². The maximum Gasteiger partial charge on any atom is 0.255 e. The summed E-state index contributed by atoms with van der Waals surface area (Å²) in [6, 6.07) is 9.43. The Morgan fingerprint density at radius 2 is 2.00 bits per heavy atom. The molecule has 1 aromatic carbocycles. The number of anilines is 1. The zero-order valence-electron chi connectivity index (χ0n) is 13.1. The molecule has 124 valence electrons. The molecule has 2 atom stereocenters. The molecule has 7 heteroatoms. The van der Waals surface area contributed by atoms with E-state index in [0.29, 0.717) is 12.1 Å². The van der Waals surface area contributed by atoms with Gasteiger partial charge in [-0.2, -0.15) is 0 Å². The summed E-state index contributed by atoms with van der Waals surface area (Å²) >= 11 is 0. The van der Waals surface area contributed by atoms with E-state index in [1.165, 1.54) is 18.6 Å². The van der Waals surface area contributed by atoms with Gasteiger partial charge in [-0.1, -0.05) is 18.2 Å². The fourth-order valence-corrected chi connectivity index (χ4v) is 2.41. The molecule has 0 spiro atoms. The van der Waals surface area contributed by atoms with Gasteiger partial charge in [0, 0.05) is 5.69 Å². The van der Waals surface area contributed by atoms with Gasteiger partial charge < -0.3 is 20.0 Å².